The standard InChI is InChI=1S/C16H25N3O2/c1-3-8-17-15-11-14(4-5-16(15)19(20)21)12-18-9-6-13(2)7-10-18/h4-5,11,13,17H,3,6-10,12H2,1-2H3. The zero-order valence-corrected chi connectivity index (χ0v) is 13.0. The Bertz CT molecular complexity index is 482. The first kappa shape index (κ1) is 15.8. The fraction of sp³-hybridized carbons (Fsp3) is 0.625. The predicted octanol–water partition coefficient (Wildman–Crippen LogP) is 3.65. The fourth-order valence-corrected chi connectivity index (χ4v) is 2.72. The highest BCUT2D eigenvalue weighted by molar-refractivity contribution is 5.62. The second kappa shape index (κ2) is 7.41. The van der Waals surface area contributed by atoms with Gasteiger partial charge >= 0.3 is 0 Å². The molecule has 116 valence electrons. The topological polar surface area (TPSA) is 58.4 Å². The van der Waals surface area contributed by atoms with Crippen LogP contribution in [0.15, 0.2) is 18.2 Å². The summed E-state index contributed by atoms with van der Waals surface area (Å²) in [6.45, 7) is 8.23. The van der Waals surface area contributed by atoms with E-state index in [1.165, 1.54) is 12.8 Å². The lowest BCUT2D eigenvalue weighted by molar-refractivity contribution is -0.384. The molecule has 1 aliphatic heterocycles. The van der Waals surface area contributed by atoms with Crippen LogP contribution in [0, 0.1) is 16.0 Å². The molecule has 0 atom stereocenters. The molecule has 1 saturated heterocycles. The zero-order chi connectivity index (χ0) is 15.2. The summed E-state index contributed by atoms with van der Waals surface area (Å²) in [6, 6.07) is 5.44. The molecular formula is C16H25N3O2. The first-order valence-electron chi connectivity index (χ1n) is 7.83. The Labute approximate surface area is 126 Å². The lowest BCUT2D eigenvalue weighted by atomic mass is 9.99. The van der Waals surface area contributed by atoms with Gasteiger partial charge in [-0.2, -0.15) is 0 Å². The van der Waals surface area contributed by atoms with Crippen LogP contribution in [0.25, 0.3) is 0 Å². The number of nitrogens with one attached hydrogen (secondary N) is 1. The average molecular weight is 291 g/mol. The lowest BCUT2D eigenvalue weighted by Crippen LogP contribution is -2.32. The van der Waals surface area contributed by atoms with E-state index in [0.29, 0.717) is 5.69 Å². The van der Waals surface area contributed by atoms with Crippen molar-refractivity contribution in [2.75, 3.05) is 25.0 Å². The van der Waals surface area contributed by atoms with E-state index in [0.717, 1.165) is 44.1 Å². The number of hydrogen-bond donors (Lipinski definition) is 1. The van der Waals surface area contributed by atoms with Crippen molar-refractivity contribution in [3.63, 3.8) is 0 Å². The maximum Gasteiger partial charge on any atom is 0.292 e. The molecule has 1 heterocycles. The Balaban J connectivity index is 2.07. The van der Waals surface area contributed by atoms with Crippen molar-refractivity contribution in [3.05, 3.63) is 33.9 Å². The number of anilines is 1. The van der Waals surface area contributed by atoms with Crippen molar-refractivity contribution in [2.45, 2.75) is 39.7 Å². The highest BCUT2D eigenvalue weighted by atomic mass is 16.6. The van der Waals surface area contributed by atoms with Gasteiger partial charge in [-0.15, -0.1) is 0 Å². The van der Waals surface area contributed by atoms with Gasteiger partial charge < -0.3 is 5.32 Å². The second-order valence-corrected chi connectivity index (χ2v) is 5.99. The summed E-state index contributed by atoms with van der Waals surface area (Å²) in [5.41, 5.74) is 1.96. The van der Waals surface area contributed by atoms with Gasteiger partial charge in [0.15, 0.2) is 0 Å². The smallest absolute Gasteiger partial charge is 0.292 e. The highest BCUT2D eigenvalue weighted by Gasteiger charge is 2.18. The van der Waals surface area contributed by atoms with E-state index >= 15 is 0 Å². The molecule has 0 unspecified atom stereocenters. The minimum absolute atomic E-state index is 0.166. The maximum absolute atomic E-state index is 11.1. The molecule has 0 bridgehead atoms. The highest BCUT2D eigenvalue weighted by Crippen LogP contribution is 2.27. The van der Waals surface area contributed by atoms with Gasteiger partial charge in [0.05, 0.1) is 4.92 Å². The van der Waals surface area contributed by atoms with E-state index in [1.54, 1.807) is 6.07 Å². The van der Waals surface area contributed by atoms with Crippen molar-refractivity contribution in [2.24, 2.45) is 5.92 Å². The molecule has 0 aliphatic carbocycles. The Morgan fingerprint density at radius 1 is 1.38 bits per heavy atom. The Morgan fingerprint density at radius 2 is 2.10 bits per heavy atom. The zero-order valence-electron chi connectivity index (χ0n) is 13.0. The third-order valence-corrected chi connectivity index (χ3v) is 4.11. The van der Waals surface area contributed by atoms with E-state index in [2.05, 4.69) is 24.1 Å². The molecule has 1 fully saturated rings. The molecular weight excluding hydrogens is 266 g/mol. The number of nitrogens with zero attached hydrogens (tertiary/aromatic N) is 2. The molecule has 1 aromatic carbocycles. The molecule has 0 spiro atoms. The molecule has 5 nitrogen and oxygen atoms in total. The van der Waals surface area contributed by atoms with Crippen molar-refractivity contribution < 1.29 is 4.92 Å². The number of hydrogen-bond acceptors (Lipinski definition) is 4. The van der Waals surface area contributed by atoms with Gasteiger partial charge in [-0.3, -0.25) is 15.0 Å². The number of rotatable bonds is 6. The van der Waals surface area contributed by atoms with Crippen molar-refractivity contribution >= 4 is 11.4 Å². The lowest BCUT2D eigenvalue weighted by Gasteiger charge is -2.30. The first-order chi connectivity index (χ1) is 10.1. The summed E-state index contributed by atoms with van der Waals surface area (Å²) in [4.78, 5) is 13.2. The van der Waals surface area contributed by atoms with Crippen LogP contribution < -0.4 is 5.32 Å². The Morgan fingerprint density at radius 3 is 2.71 bits per heavy atom. The van der Waals surface area contributed by atoms with Crippen LogP contribution in [0.4, 0.5) is 11.4 Å². The third kappa shape index (κ3) is 4.43. The Kier molecular flexibility index (Phi) is 5.56. The van der Waals surface area contributed by atoms with Gasteiger partial charge in [0.2, 0.25) is 0 Å². The van der Waals surface area contributed by atoms with Crippen LogP contribution in [-0.2, 0) is 6.54 Å². The first-order valence-corrected chi connectivity index (χ1v) is 7.83. The quantitative estimate of drug-likeness (QED) is 0.642. The van der Waals surface area contributed by atoms with Gasteiger partial charge in [0, 0.05) is 19.2 Å². The van der Waals surface area contributed by atoms with E-state index in [-0.39, 0.29) is 10.6 Å². The van der Waals surface area contributed by atoms with Crippen LogP contribution in [0.3, 0.4) is 0 Å². The van der Waals surface area contributed by atoms with Crippen LogP contribution in [-0.4, -0.2) is 29.5 Å². The normalized spacial score (nSPS) is 16.9. The molecule has 2 rings (SSSR count). The van der Waals surface area contributed by atoms with E-state index in [9.17, 15) is 10.1 Å². The van der Waals surface area contributed by atoms with Gasteiger partial charge in [-0.05, 0) is 49.9 Å². The van der Waals surface area contributed by atoms with E-state index in [4.69, 9.17) is 0 Å². The fourth-order valence-electron chi connectivity index (χ4n) is 2.72. The van der Waals surface area contributed by atoms with Gasteiger partial charge in [0.1, 0.15) is 5.69 Å². The van der Waals surface area contributed by atoms with Crippen LogP contribution in [0.1, 0.15) is 38.7 Å². The van der Waals surface area contributed by atoms with Gasteiger partial charge in [-0.25, -0.2) is 0 Å². The molecule has 0 aromatic heterocycles. The Hall–Kier alpha value is -1.62. The number of nitro benzene ring substituents is 1. The number of benzene rings is 1. The monoisotopic (exact) mass is 291 g/mol. The summed E-state index contributed by atoms with van der Waals surface area (Å²) < 4.78 is 0. The van der Waals surface area contributed by atoms with E-state index in [1.807, 2.05) is 12.1 Å². The predicted molar refractivity (Wildman–Crippen MR) is 85.6 cm³/mol. The van der Waals surface area contributed by atoms with Gasteiger partial charge in [0.25, 0.3) is 5.69 Å². The van der Waals surface area contributed by atoms with Crippen LogP contribution in [0.5, 0.6) is 0 Å². The van der Waals surface area contributed by atoms with Crippen LogP contribution >= 0.6 is 0 Å². The van der Waals surface area contributed by atoms with Gasteiger partial charge in [-0.1, -0.05) is 19.9 Å². The van der Waals surface area contributed by atoms with E-state index < -0.39 is 0 Å². The SMILES string of the molecule is CCCNc1cc(CN2CCC(C)CC2)ccc1[N+](=O)[O-]. The number of likely N-dealkylation sites (tertiary alicyclic amines) is 1. The molecule has 1 N–H and O–H groups in total. The summed E-state index contributed by atoms with van der Waals surface area (Å²) >= 11 is 0. The van der Waals surface area contributed by atoms with Crippen LogP contribution in [0.2, 0.25) is 0 Å². The molecule has 5 heteroatoms. The molecule has 1 aromatic rings. The summed E-state index contributed by atoms with van der Waals surface area (Å²) in [7, 11) is 0. The largest absolute Gasteiger partial charge is 0.379 e. The minimum atomic E-state index is -0.315. The summed E-state index contributed by atoms with van der Waals surface area (Å²) in [6.07, 6.45) is 3.44. The van der Waals surface area contributed by atoms with Crippen molar-refractivity contribution in [1.29, 1.82) is 0 Å². The number of nitro groups is 1. The number of piperidine rings is 1. The average Bonchev–Trinajstić information content (AvgIpc) is 2.47. The molecule has 0 saturated carbocycles. The molecule has 1 aliphatic rings. The van der Waals surface area contributed by atoms with Crippen molar-refractivity contribution in [1.82, 2.24) is 4.90 Å². The summed E-state index contributed by atoms with van der Waals surface area (Å²) in [5.74, 6) is 0.819. The molecule has 0 amide bonds. The minimum Gasteiger partial charge on any atom is -0.379 e. The third-order valence-electron chi connectivity index (χ3n) is 4.11. The maximum atomic E-state index is 11.1. The molecule has 0 radical (unpaired) electrons. The molecule has 21 heavy (non-hydrogen) atoms. The second-order valence-electron chi connectivity index (χ2n) is 5.99. The summed E-state index contributed by atoms with van der Waals surface area (Å²) in [5, 5.41) is 14.2. The van der Waals surface area contributed by atoms with Crippen molar-refractivity contribution in [3.8, 4) is 0 Å².